The van der Waals surface area contributed by atoms with E-state index in [0.717, 1.165) is 6.26 Å². The third-order valence-electron chi connectivity index (χ3n) is 2.86. The topological polar surface area (TPSA) is 83.5 Å². The second-order valence-corrected chi connectivity index (χ2v) is 6.48. The number of aliphatic hydroxyl groups is 1. The van der Waals surface area contributed by atoms with Crippen LogP contribution in [0.15, 0.2) is 29.2 Å². The minimum Gasteiger partial charge on any atom is -0.386 e. The lowest BCUT2D eigenvalue weighted by Gasteiger charge is -2.21. The molecule has 7 heteroatoms. The van der Waals surface area contributed by atoms with Crippen LogP contribution in [0.25, 0.3) is 0 Å². The van der Waals surface area contributed by atoms with Crippen molar-refractivity contribution in [3.8, 4) is 0 Å². The normalized spacial score (nSPS) is 14.6. The van der Waals surface area contributed by atoms with Crippen LogP contribution in [0.1, 0.15) is 25.0 Å². The SMILES string of the molecule is CCC(=O)N[C@H](CF)[C@@H](O)c1ccc(S(C)(=O)=O)cc1. The maximum absolute atomic E-state index is 12.9. The zero-order chi connectivity index (χ0) is 15.3. The number of carbonyl (C=O) groups excluding carboxylic acids is 1. The molecule has 1 amide bonds. The molecule has 2 N–H and O–H groups in total. The van der Waals surface area contributed by atoms with Gasteiger partial charge in [0.15, 0.2) is 9.84 Å². The summed E-state index contributed by atoms with van der Waals surface area (Å²) in [6.07, 6.45) is 0.0321. The summed E-state index contributed by atoms with van der Waals surface area (Å²) in [6.45, 7) is 0.707. The number of aliphatic hydroxyl groups excluding tert-OH is 1. The third-order valence-corrected chi connectivity index (χ3v) is 3.99. The molecule has 0 saturated carbocycles. The Morgan fingerprint density at radius 1 is 1.35 bits per heavy atom. The maximum atomic E-state index is 12.9. The fourth-order valence-corrected chi connectivity index (χ4v) is 2.29. The van der Waals surface area contributed by atoms with Crippen LogP contribution < -0.4 is 5.32 Å². The van der Waals surface area contributed by atoms with Crippen molar-refractivity contribution in [2.45, 2.75) is 30.4 Å². The standard InChI is InChI=1S/C13H18FNO4S/c1-3-12(16)15-11(8-14)13(17)9-4-6-10(7-5-9)20(2,18)19/h4-7,11,13,17H,3,8H2,1-2H3,(H,15,16)/t11-,13+/m1/s1. The van der Waals surface area contributed by atoms with Gasteiger partial charge in [0.2, 0.25) is 5.91 Å². The molecular weight excluding hydrogens is 285 g/mol. The lowest BCUT2D eigenvalue weighted by molar-refractivity contribution is -0.122. The number of nitrogens with one attached hydrogen (secondary N) is 1. The number of rotatable bonds is 6. The van der Waals surface area contributed by atoms with E-state index < -0.39 is 28.7 Å². The molecule has 1 aromatic rings. The fraction of sp³-hybridized carbons (Fsp3) is 0.462. The predicted octanol–water partition coefficient (Wildman–Crippen LogP) is 0.988. The molecule has 1 rings (SSSR count). The van der Waals surface area contributed by atoms with Gasteiger partial charge >= 0.3 is 0 Å². The lowest BCUT2D eigenvalue weighted by atomic mass is 10.0. The molecule has 0 saturated heterocycles. The third kappa shape index (κ3) is 4.28. The summed E-state index contributed by atoms with van der Waals surface area (Å²) in [6, 6.07) is 4.44. The highest BCUT2D eigenvalue weighted by molar-refractivity contribution is 7.90. The average molecular weight is 303 g/mol. The van der Waals surface area contributed by atoms with Crippen LogP contribution in [0, 0.1) is 0 Å². The van der Waals surface area contributed by atoms with E-state index in [4.69, 9.17) is 0 Å². The first kappa shape index (κ1) is 16.6. The van der Waals surface area contributed by atoms with E-state index in [-0.39, 0.29) is 17.2 Å². The molecule has 2 atom stereocenters. The van der Waals surface area contributed by atoms with E-state index in [1.54, 1.807) is 6.92 Å². The highest BCUT2D eigenvalue weighted by Gasteiger charge is 2.22. The summed E-state index contributed by atoms with van der Waals surface area (Å²) >= 11 is 0. The van der Waals surface area contributed by atoms with E-state index in [9.17, 15) is 22.7 Å². The molecule has 0 bridgehead atoms. The van der Waals surface area contributed by atoms with E-state index in [1.807, 2.05) is 0 Å². The summed E-state index contributed by atoms with van der Waals surface area (Å²) in [4.78, 5) is 11.3. The highest BCUT2D eigenvalue weighted by atomic mass is 32.2. The molecule has 0 unspecified atom stereocenters. The van der Waals surface area contributed by atoms with Crippen molar-refractivity contribution >= 4 is 15.7 Å². The number of halogens is 1. The summed E-state index contributed by atoms with van der Waals surface area (Å²) in [5.41, 5.74) is 0.344. The molecule has 0 aliphatic carbocycles. The first-order valence-electron chi connectivity index (χ1n) is 6.13. The van der Waals surface area contributed by atoms with Crippen LogP contribution in [0.5, 0.6) is 0 Å². The fourth-order valence-electron chi connectivity index (χ4n) is 1.66. The molecule has 1 aromatic carbocycles. The molecule has 0 aliphatic rings. The van der Waals surface area contributed by atoms with Crippen molar-refractivity contribution in [3.05, 3.63) is 29.8 Å². The average Bonchev–Trinajstić information content (AvgIpc) is 2.42. The van der Waals surface area contributed by atoms with E-state index in [1.165, 1.54) is 24.3 Å². The van der Waals surface area contributed by atoms with Crippen molar-refractivity contribution < 1.29 is 22.7 Å². The zero-order valence-electron chi connectivity index (χ0n) is 11.3. The smallest absolute Gasteiger partial charge is 0.220 e. The number of carbonyl (C=O) groups is 1. The second-order valence-electron chi connectivity index (χ2n) is 4.47. The first-order chi connectivity index (χ1) is 9.29. The number of hydrogen-bond acceptors (Lipinski definition) is 4. The van der Waals surface area contributed by atoms with Gasteiger partial charge in [-0.2, -0.15) is 0 Å². The Hall–Kier alpha value is -1.47. The number of benzene rings is 1. The van der Waals surface area contributed by atoms with Gasteiger partial charge in [0.25, 0.3) is 0 Å². The Labute approximate surface area is 117 Å². The van der Waals surface area contributed by atoms with Gasteiger partial charge < -0.3 is 10.4 Å². The van der Waals surface area contributed by atoms with Gasteiger partial charge in [-0.15, -0.1) is 0 Å². The van der Waals surface area contributed by atoms with Crippen LogP contribution in [-0.4, -0.2) is 38.4 Å². The van der Waals surface area contributed by atoms with E-state index >= 15 is 0 Å². The maximum Gasteiger partial charge on any atom is 0.220 e. The number of sulfone groups is 1. The lowest BCUT2D eigenvalue weighted by Crippen LogP contribution is -2.40. The van der Waals surface area contributed by atoms with Gasteiger partial charge in [-0.05, 0) is 17.7 Å². The molecule has 0 heterocycles. The molecular formula is C13H18FNO4S. The summed E-state index contributed by atoms with van der Waals surface area (Å²) in [7, 11) is -3.32. The second kappa shape index (κ2) is 6.81. The minimum atomic E-state index is -3.32. The molecule has 0 radical (unpaired) electrons. The summed E-state index contributed by atoms with van der Waals surface area (Å²) in [5, 5.41) is 12.4. The van der Waals surface area contributed by atoms with Crippen molar-refractivity contribution in [2.75, 3.05) is 12.9 Å². The molecule has 0 aliphatic heterocycles. The number of alkyl halides is 1. The minimum absolute atomic E-state index is 0.114. The predicted molar refractivity (Wildman–Crippen MR) is 72.7 cm³/mol. The van der Waals surface area contributed by atoms with Crippen molar-refractivity contribution in [3.63, 3.8) is 0 Å². The molecule has 5 nitrogen and oxygen atoms in total. The van der Waals surface area contributed by atoms with E-state index in [0.29, 0.717) is 5.56 Å². The van der Waals surface area contributed by atoms with Gasteiger partial charge in [0, 0.05) is 12.7 Å². The monoisotopic (exact) mass is 303 g/mol. The van der Waals surface area contributed by atoms with Crippen LogP contribution in [0.2, 0.25) is 0 Å². The molecule has 0 spiro atoms. The number of hydrogen-bond donors (Lipinski definition) is 2. The quantitative estimate of drug-likeness (QED) is 0.821. The van der Waals surface area contributed by atoms with Crippen LogP contribution in [0.4, 0.5) is 4.39 Å². The zero-order valence-corrected chi connectivity index (χ0v) is 12.2. The van der Waals surface area contributed by atoms with Crippen LogP contribution in [-0.2, 0) is 14.6 Å². The Morgan fingerprint density at radius 3 is 2.30 bits per heavy atom. The highest BCUT2D eigenvalue weighted by Crippen LogP contribution is 2.20. The summed E-state index contributed by atoms with van der Waals surface area (Å²) < 4.78 is 35.5. The molecule has 20 heavy (non-hydrogen) atoms. The first-order valence-corrected chi connectivity index (χ1v) is 8.02. The molecule has 112 valence electrons. The molecule has 0 aromatic heterocycles. The van der Waals surface area contributed by atoms with Gasteiger partial charge in [-0.25, -0.2) is 12.8 Å². The van der Waals surface area contributed by atoms with Crippen molar-refractivity contribution in [1.29, 1.82) is 0 Å². The van der Waals surface area contributed by atoms with Crippen LogP contribution in [0.3, 0.4) is 0 Å². The van der Waals surface area contributed by atoms with E-state index in [2.05, 4.69) is 5.32 Å². The number of amides is 1. The van der Waals surface area contributed by atoms with Crippen LogP contribution >= 0.6 is 0 Å². The van der Waals surface area contributed by atoms with Gasteiger partial charge in [0.05, 0.1) is 10.9 Å². The van der Waals surface area contributed by atoms with Gasteiger partial charge in [-0.3, -0.25) is 4.79 Å². The van der Waals surface area contributed by atoms with Crippen molar-refractivity contribution in [1.82, 2.24) is 5.32 Å². The molecule has 0 fully saturated rings. The Morgan fingerprint density at radius 2 is 1.90 bits per heavy atom. The Bertz CT molecular complexity index is 556. The Kier molecular flexibility index (Phi) is 5.64. The Balaban J connectivity index is 2.90. The largest absolute Gasteiger partial charge is 0.386 e. The van der Waals surface area contributed by atoms with Gasteiger partial charge in [-0.1, -0.05) is 19.1 Å². The summed E-state index contributed by atoms with van der Waals surface area (Å²) in [5.74, 6) is -0.362. The van der Waals surface area contributed by atoms with Crippen molar-refractivity contribution in [2.24, 2.45) is 0 Å². The van der Waals surface area contributed by atoms with Gasteiger partial charge in [0.1, 0.15) is 12.8 Å².